The van der Waals surface area contributed by atoms with Gasteiger partial charge in [0.1, 0.15) is 6.54 Å². The van der Waals surface area contributed by atoms with Crippen molar-refractivity contribution in [1.82, 2.24) is 25.3 Å². The molecule has 7 heteroatoms. The molecule has 156 valence electrons. The van der Waals surface area contributed by atoms with Crippen molar-refractivity contribution in [3.05, 3.63) is 0 Å². The molecule has 7 nitrogen and oxygen atoms in total. The summed E-state index contributed by atoms with van der Waals surface area (Å²) < 4.78 is 0. The van der Waals surface area contributed by atoms with Crippen LogP contribution in [0.25, 0.3) is 0 Å². The monoisotopic (exact) mass is 380 g/mol. The van der Waals surface area contributed by atoms with Crippen molar-refractivity contribution < 1.29 is 4.79 Å². The zero-order valence-corrected chi connectivity index (χ0v) is 17.8. The predicted molar refractivity (Wildman–Crippen MR) is 112 cm³/mol. The summed E-state index contributed by atoms with van der Waals surface area (Å²) in [6.07, 6.45) is 4.92. The molecule has 3 rings (SSSR count). The van der Waals surface area contributed by atoms with E-state index in [1.54, 1.807) is 19.0 Å². The van der Waals surface area contributed by atoms with Gasteiger partial charge in [0.2, 0.25) is 5.91 Å². The van der Waals surface area contributed by atoms with E-state index in [0.717, 1.165) is 25.6 Å². The number of guanidine groups is 1. The highest BCUT2D eigenvalue weighted by molar-refractivity contribution is 5.84. The number of nitrogens with one attached hydrogen (secondary N) is 2. The minimum Gasteiger partial charge on any atom is -0.356 e. The molecule has 0 aromatic heterocycles. The van der Waals surface area contributed by atoms with Crippen molar-refractivity contribution in [3.63, 3.8) is 0 Å². The molecule has 2 atom stereocenters. The third-order valence-electron chi connectivity index (χ3n) is 5.87. The molecule has 2 unspecified atom stereocenters. The van der Waals surface area contributed by atoms with Crippen LogP contribution in [-0.4, -0.2) is 99.1 Å². The first kappa shape index (κ1) is 22.0. The molecule has 27 heavy (non-hydrogen) atoms. The number of amides is 1. The van der Waals surface area contributed by atoms with Gasteiger partial charge in [-0.3, -0.25) is 14.6 Å². The van der Waals surface area contributed by atoms with E-state index >= 15 is 0 Å². The van der Waals surface area contributed by atoms with E-state index in [2.05, 4.69) is 39.3 Å². The van der Waals surface area contributed by atoms with Crippen LogP contribution in [0, 0.1) is 5.92 Å². The van der Waals surface area contributed by atoms with Crippen molar-refractivity contribution in [2.45, 2.75) is 45.6 Å². The summed E-state index contributed by atoms with van der Waals surface area (Å²) in [5.74, 6) is 1.46. The fraction of sp³-hybridized carbons (Fsp3) is 0.900. The number of hydrogen-bond donors (Lipinski definition) is 2. The summed E-state index contributed by atoms with van der Waals surface area (Å²) in [4.78, 5) is 23.2. The molecule has 0 aliphatic carbocycles. The maximum atomic E-state index is 11.9. The molecule has 0 aromatic carbocycles. The van der Waals surface area contributed by atoms with E-state index in [-0.39, 0.29) is 12.5 Å². The van der Waals surface area contributed by atoms with Crippen LogP contribution in [0.4, 0.5) is 0 Å². The smallest absolute Gasteiger partial charge is 0.243 e. The summed E-state index contributed by atoms with van der Waals surface area (Å²) in [6.45, 7) is 12.3. The number of aliphatic imine (C=N–C) groups is 1. The van der Waals surface area contributed by atoms with Crippen LogP contribution in [0.15, 0.2) is 4.99 Å². The fourth-order valence-corrected chi connectivity index (χ4v) is 3.78. The number of rotatable bonds is 10. The third kappa shape index (κ3) is 7.30. The van der Waals surface area contributed by atoms with Crippen LogP contribution in [0.2, 0.25) is 0 Å². The Morgan fingerprint density at radius 2 is 1.93 bits per heavy atom. The number of carbonyl (C=O) groups excluding carboxylic acids is 1. The van der Waals surface area contributed by atoms with Gasteiger partial charge in [-0.05, 0) is 12.3 Å². The average Bonchev–Trinajstić information content (AvgIpc) is 2.69. The summed E-state index contributed by atoms with van der Waals surface area (Å²) >= 11 is 0. The van der Waals surface area contributed by atoms with Crippen LogP contribution in [0.1, 0.15) is 39.5 Å². The number of likely N-dealkylation sites (N-methyl/N-ethyl adjacent to an activating group) is 1. The molecular weight excluding hydrogens is 340 g/mol. The minimum atomic E-state index is 0.0284. The van der Waals surface area contributed by atoms with Crippen LogP contribution in [0.5, 0.6) is 0 Å². The van der Waals surface area contributed by atoms with Crippen LogP contribution in [0.3, 0.4) is 0 Å². The Balaban J connectivity index is 1.88. The van der Waals surface area contributed by atoms with Gasteiger partial charge in [-0.15, -0.1) is 0 Å². The molecule has 3 saturated heterocycles. The van der Waals surface area contributed by atoms with Crippen molar-refractivity contribution >= 4 is 11.9 Å². The molecule has 2 bridgehead atoms. The third-order valence-corrected chi connectivity index (χ3v) is 5.87. The molecule has 3 fully saturated rings. The lowest BCUT2D eigenvalue weighted by atomic mass is 9.99. The quantitative estimate of drug-likeness (QED) is 0.434. The first-order chi connectivity index (χ1) is 13.0. The second kappa shape index (κ2) is 11.5. The van der Waals surface area contributed by atoms with Gasteiger partial charge >= 0.3 is 0 Å². The maximum absolute atomic E-state index is 11.9. The summed E-state index contributed by atoms with van der Waals surface area (Å²) in [6, 6.07) is 0.533. The minimum absolute atomic E-state index is 0.0284. The molecule has 0 spiro atoms. The highest BCUT2D eigenvalue weighted by Gasteiger charge is 2.31. The van der Waals surface area contributed by atoms with E-state index in [1.807, 2.05) is 0 Å². The van der Waals surface area contributed by atoms with Gasteiger partial charge in [0, 0.05) is 66.0 Å². The Kier molecular flexibility index (Phi) is 9.34. The van der Waals surface area contributed by atoms with Gasteiger partial charge < -0.3 is 15.5 Å². The van der Waals surface area contributed by atoms with E-state index in [4.69, 9.17) is 0 Å². The lowest BCUT2D eigenvalue weighted by molar-refractivity contribution is -0.127. The number of nitrogens with zero attached hydrogens (tertiary/aromatic N) is 4. The molecule has 0 saturated carbocycles. The zero-order valence-electron chi connectivity index (χ0n) is 17.8. The number of carbonyl (C=O) groups is 1. The Hall–Kier alpha value is -1.34. The molecule has 2 N–H and O–H groups in total. The highest BCUT2D eigenvalue weighted by atomic mass is 16.2. The van der Waals surface area contributed by atoms with Gasteiger partial charge in [0.25, 0.3) is 0 Å². The Bertz CT molecular complexity index is 473. The fourth-order valence-electron chi connectivity index (χ4n) is 3.78. The lowest BCUT2D eigenvalue weighted by Crippen LogP contribution is -2.64. The van der Waals surface area contributed by atoms with E-state index in [9.17, 15) is 4.79 Å². The van der Waals surface area contributed by atoms with Crippen molar-refractivity contribution in [1.29, 1.82) is 0 Å². The maximum Gasteiger partial charge on any atom is 0.243 e. The average molecular weight is 381 g/mol. The van der Waals surface area contributed by atoms with Gasteiger partial charge in [-0.2, -0.15) is 0 Å². The van der Waals surface area contributed by atoms with Gasteiger partial charge in [0.15, 0.2) is 5.96 Å². The number of unbranched alkanes of at least 4 members (excludes halogenated alkanes) is 1. The molecule has 1 amide bonds. The van der Waals surface area contributed by atoms with Crippen molar-refractivity contribution in [2.24, 2.45) is 10.9 Å². The Labute approximate surface area is 165 Å². The Morgan fingerprint density at radius 3 is 2.48 bits per heavy atom. The first-order valence-corrected chi connectivity index (χ1v) is 10.7. The van der Waals surface area contributed by atoms with Crippen molar-refractivity contribution in [3.8, 4) is 0 Å². The SMILES string of the molecule is CCCCC(CC)CNC(=NCC(=O)N(C)C)NCC1CN2CCN1CC2. The molecule has 3 aliphatic heterocycles. The van der Waals surface area contributed by atoms with Crippen LogP contribution in [-0.2, 0) is 4.79 Å². The second-order valence-electron chi connectivity index (χ2n) is 8.12. The molecular formula is C20H40N6O. The zero-order chi connectivity index (χ0) is 19.6. The summed E-state index contributed by atoms with van der Waals surface area (Å²) in [7, 11) is 3.55. The highest BCUT2D eigenvalue weighted by Crippen LogP contribution is 2.15. The molecule has 0 radical (unpaired) electrons. The molecule has 3 aliphatic rings. The van der Waals surface area contributed by atoms with Gasteiger partial charge in [-0.1, -0.05) is 33.1 Å². The van der Waals surface area contributed by atoms with Crippen molar-refractivity contribution in [2.75, 3.05) is 66.5 Å². The normalized spacial score (nSPS) is 25.9. The molecule has 0 aromatic rings. The number of fused-ring (bicyclic) bond motifs is 3. The predicted octanol–water partition coefficient (Wildman–Crippen LogP) is 0.826. The Morgan fingerprint density at radius 1 is 1.19 bits per heavy atom. The van der Waals surface area contributed by atoms with E-state index < -0.39 is 0 Å². The standard InChI is InChI=1S/C20H40N6O/c1-5-7-8-17(6-2)13-21-20(23-15-19(27)24(3)4)22-14-18-16-25-9-11-26(18)12-10-25/h17-18H,5-16H2,1-4H3,(H2,21,22,23). The lowest BCUT2D eigenvalue weighted by Gasteiger charge is -2.47. The molecule has 3 heterocycles. The summed E-state index contributed by atoms with van der Waals surface area (Å²) in [5.41, 5.74) is 0. The number of piperazine rings is 3. The van der Waals surface area contributed by atoms with Gasteiger partial charge in [-0.25, -0.2) is 4.99 Å². The second-order valence-corrected chi connectivity index (χ2v) is 8.12. The van der Waals surface area contributed by atoms with Gasteiger partial charge in [0.05, 0.1) is 0 Å². The largest absolute Gasteiger partial charge is 0.356 e. The van der Waals surface area contributed by atoms with E-state index in [0.29, 0.717) is 12.0 Å². The topological polar surface area (TPSA) is 63.2 Å². The summed E-state index contributed by atoms with van der Waals surface area (Å²) in [5, 5.41) is 7.00. The first-order valence-electron chi connectivity index (χ1n) is 10.7. The van der Waals surface area contributed by atoms with Crippen LogP contribution < -0.4 is 10.6 Å². The number of hydrogen-bond acceptors (Lipinski definition) is 4. The van der Waals surface area contributed by atoms with Crippen LogP contribution >= 0.6 is 0 Å². The van der Waals surface area contributed by atoms with E-state index in [1.165, 1.54) is 51.9 Å².